The molecule has 0 aliphatic carbocycles. The zero-order valence-electron chi connectivity index (χ0n) is 14.3. The predicted molar refractivity (Wildman–Crippen MR) is 96.1 cm³/mol. The molecular formula is C20H34O2. The first-order valence-electron chi connectivity index (χ1n) is 8.94. The number of aliphatic carboxylic acids is 1. The minimum Gasteiger partial charge on any atom is -0.481 e. The van der Waals surface area contributed by atoms with Crippen molar-refractivity contribution in [2.45, 2.75) is 84.0 Å². The van der Waals surface area contributed by atoms with Gasteiger partial charge >= 0.3 is 5.97 Å². The van der Waals surface area contributed by atoms with Crippen molar-refractivity contribution in [3.63, 3.8) is 0 Å². The van der Waals surface area contributed by atoms with E-state index in [-0.39, 0.29) is 6.42 Å². The van der Waals surface area contributed by atoms with Gasteiger partial charge in [-0.15, -0.1) is 0 Å². The molecule has 0 aromatic carbocycles. The fourth-order valence-corrected chi connectivity index (χ4v) is 2.20. The van der Waals surface area contributed by atoms with Crippen LogP contribution in [0.2, 0.25) is 0 Å². The maximum Gasteiger partial charge on any atom is 0.307 e. The average molecular weight is 306 g/mol. The summed E-state index contributed by atoms with van der Waals surface area (Å²) in [6, 6.07) is 0. The van der Waals surface area contributed by atoms with E-state index in [9.17, 15) is 4.79 Å². The smallest absolute Gasteiger partial charge is 0.307 e. The van der Waals surface area contributed by atoms with Crippen LogP contribution in [-0.4, -0.2) is 11.1 Å². The molecule has 0 fully saturated rings. The highest BCUT2D eigenvalue weighted by molar-refractivity contribution is 5.68. The van der Waals surface area contributed by atoms with Gasteiger partial charge in [0.15, 0.2) is 0 Å². The molecule has 0 aliphatic rings. The Morgan fingerprint density at radius 1 is 0.727 bits per heavy atom. The van der Waals surface area contributed by atoms with Crippen molar-refractivity contribution in [3.8, 4) is 0 Å². The van der Waals surface area contributed by atoms with Gasteiger partial charge in [0.05, 0.1) is 6.42 Å². The first-order valence-corrected chi connectivity index (χ1v) is 8.94. The van der Waals surface area contributed by atoms with E-state index in [0.717, 1.165) is 12.8 Å². The van der Waals surface area contributed by atoms with Gasteiger partial charge in [-0.3, -0.25) is 4.79 Å². The average Bonchev–Trinajstić information content (AvgIpc) is 2.50. The second-order valence-electron chi connectivity index (χ2n) is 5.74. The van der Waals surface area contributed by atoms with Crippen LogP contribution in [0, 0.1) is 0 Å². The summed E-state index contributed by atoms with van der Waals surface area (Å²) in [4.78, 5) is 10.3. The monoisotopic (exact) mass is 306 g/mol. The topological polar surface area (TPSA) is 37.3 Å². The number of carbonyl (C=O) groups is 1. The Bertz CT molecular complexity index is 327. The highest BCUT2D eigenvalue weighted by Gasteiger charge is 1.90. The minimum atomic E-state index is -0.751. The molecule has 0 spiro atoms. The van der Waals surface area contributed by atoms with Crippen molar-refractivity contribution in [1.29, 1.82) is 0 Å². The minimum absolute atomic E-state index is 0.151. The molecule has 0 aromatic heterocycles. The number of carboxylic acids is 1. The van der Waals surface area contributed by atoms with Crippen molar-refractivity contribution in [1.82, 2.24) is 0 Å². The Labute approximate surface area is 137 Å². The van der Waals surface area contributed by atoms with Crippen LogP contribution in [0.15, 0.2) is 36.5 Å². The molecule has 0 bridgehead atoms. The summed E-state index contributed by atoms with van der Waals surface area (Å²) in [7, 11) is 0. The van der Waals surface area contributed by atoms with Crippen molar-refractivity contribution in [2.24, 2.45) is 0 Å². The highest BCUT2D eigenvalue weighted by atomic mass is 16.4. The lowest BCUT2D eigenvalue weighted by atomic mass is 10.1. The SMILES string of the molecule is CCCCC/C=C\C/C=C\CCCCCC/C=C\CC(=O)O. The Morgan fingerprint density at radius 2 is 1.23 bits per heavy atom. The van der Waals surface area contributed by atoms with Crippen LogP contribution in [0.1, 0.15) is 84.0 Å². The van der Waals surface area contributed by atoms with E-state index in [2.05, 4.69) is 31.2 Å². The fourth-order valence-electron chi connectivity index (χ4n) is 2.20. The molecule has 0 saturated carbocycles. The van der Waals surface area contributed by atoms with Crippen molar-refractivity contribution >= 4 is 5.97 Å². The molecule has 0 aliphatic heterocycles. The van der Waals surface area contributed by atoms with E-state index in [0.29, 0.717) is 0 Å². The summed E-state index contributed by atoms with van der Waals surface area (Å²) < 4.78 is 0. The van der Waals surface area contributed by atoms with Crippen LogP contribution in [0.4, 0.5) is 0 Å². The number of allylic oxidation sites excluding steroid dienone is 5. The number of carboxylic acid groups (broad SMARTS) is 1. The third-order valence-electron chi connectivity index (χ3n) is 3.53. The van der Waals surface area contributed by atoms with E-state index in [1.54, 1.807) is 6.08 Å². The quantitative estimate of drug-likeness (QED) is 0.279. The van der Waals surface area contributed by atoms with E-state index in [1.165, 1.54) is 57.8 Å². The first kappa shape index (κ1) is 20.7. The van der Waals surface area contributed by atoms with Gasteiger partial charge in [-0.05, 0) is 44.9 Å². The summed E-state index contributed by atoms with van der Waals surface area (Å²) in [5.41, 5.74) is 0. The maximum atomic E-state index is 10.3. The van der Waals surface area contributed by atoms with E-state index >= 15 is 0 Å². The molecule has 0 radical (unpaired) electrons. The Morgan fingerprint density at radius 3 is 1.73 bits per heavy atom. The zero-order valence-corrected chi connectivity index (χ0v) is 14.3. The van der Waals surface area contributed by atoms with Crippen molar-refractivity contribution in [2.75, 3.05) is 0 Å². The first-order chi connectivity index (χ1) is 10.8. The third-order valence-corrected chi connectivity index (χ3v) is 3.53. The Kier molecular flexibility index (Phi) is 16.7. The summed E-state index contributed by atoms with van der Waals surface area (Å²) in [5, 5.41) is 8.48. The molecule has 22 heavy (non-hydrogen) atoms. The van der Waals surface area contributed by atoms with Gasteiger partial charge in [-0.2, -0.15) is 0 Å². The van der Waals surface area contributed by atoms with E-state index in [1.807, 2.05) is 6.08 Å². The lowest BCUT2D eigenvalue weighted by Crippen LogP contribution is -1.89. The van der Waals surface area contributed by atoms with Crippen LogP contribution < -0.4 is 0 Å². The number of hydrogen-bond acceptors (Lipinski definition) is 1. The molecule has 0 unspecified atom stereocenters. The molecule has 0 saturated heterocycles. The van der Waals surface area contributed by atoms with Gasteiger partial charge in [0, 0.05) is 0 Å². The molecule has 2 heteroatoms. The van der Waals surface area contributed by atoms with Gasteiger partial charge < -0.3 is 5.11 Å². The van der Waals surface area contributed by atoms with Gasteiger partial charge in [0.1, 0.15) is 0 Å². The molecule has 0 heterocycles. The van der Waals surface area contributed by atoms with E-state index in [4.69, 9.17) is 5.11 Å². The second kappa shape index (κ2) is 17.7. The fraction of sp³-hybridized carbons (Fsp3) is 0.650. The summed E-state index contributed by atoms with van der Waals surface area (Å²) in [6.07, 6.45) is 26.4. The maximum absolute atomic E-state index is 10.3. The molecule has 126 valence electrons. The molecule has 0 aromatic rings. The molecular weight excluding hydrogens is 272 g/mol. The van der Waals surface area contributed by atoms with Crippen LogP contribution in [0.5, 0.6) is 0 Å². The summed E-state index contributed by atoms with van der Waals surface area (Å²) in [6.45, 7) is 2.24. The van der Waals surface area contributed by atoms with Gasteiger partial charge in [0.25, 0.3) is 0 Å². The number of rotatable bonds is 15. The van der Waals surface area contributed by atoms with Crippen LogP contribution in [-0.2, 0) is 4.79 Å². The lowest BCUT2D eigenvalue weighted by Gasteiger charge is -1.96. The van der Waals surface area contributed by atoms with Gasteiger partial charge in [-0.25, -0.2) is 0 Å². The van der Waals surface area contributed by atoms with Crippen molar-refractivity contribution in [3.05, 3.63) is 36.5 Å². The zero-order chi connectivity index (χ0) is 16.3. The Hall–Kier alpha value is -1.31. The van der Waals surface area contributed by atoms with Crippen molar-refractivity contribution < 1.29 is 9.90 Å². The highest BCUT2D eigenvalue weighted by Crippen LogP contribution is 2.07. The standard InChI is InChI=1S/C20H34O2/c1-2-3-4-5-6-7-8-9-10-11-12-13-14-15-16-17-18-19-20(21)22/h6-7,9-10,17-18H,2-5,8,11-16,19H2,1H3,(H,21,22)/b7-6-,10-9-,18-17-. The molecule has 2 nitrogen and oxygen atoms in total. The lowest BCUT2D eigenvalue weighted by molar-refractivity contribution is -0.136. The molecule has 0 amide bonds. The second-order valence-corrected chi connectivity index (χ2v) is 5.74. The van der Waals surface area contributed by atoms with Crippen LogP contribution in [0.25, 0.3) is 0 Å². The largest absolute Gasteiger partial charge is 0.481 e. The number of unbranched alkanes of at least 4 members (excludes halogenated alkanes) is 8. The molecule has 0 atom stereocenters. The molecule has 1 N–H and O–H groups in total. The van der Waals surface area contributed by atoms with Gasteiger partial charge in [0.2, 0.25) is 0 Å². The number of hydrogen-bond donors (Lipinski definition) is 1. The summed E-state index contributed by atoms with van der Waals surface area (Å²) in [5.74, 6) is -0.751. The molecule has 0 rings (SSSR count). The summed E-state index contributed by atoms with van der Waals surface area (Å²) >= 11 is 0. The Balaban J connectivity index is 3.23. The predicted octanol–water partition coefficient (Wildman–Crippen LogP) is 6.44. The van der Waals surface area contributed by atoms with E-state index < -0.39 is 5.97 Å². The normalized spacial score (nSPS) is 12.0. The van der Waals surface area contributed by atoms with Crippen LogP contribution >= 0.6 is 0 Å². The van der Waals surface area contributed by atoms with Gasteiger partial charge in [-0.1, -0.05) is 69.1 Å². The third kappa shape index (κ3) is 18.7. The van der Waals surface area contributed by atoms with Crippen LogP contribution in [0.3, 0.4) is 0 Å².